The van der Waals surface area contributed by atoms with Crippen molar-refractivity contribution in [3.05, 3.63) is 11.3 Å². The number of rotatable bonds is 5. The van der Waals surface area contributed by atoms with Gasteiger partial charge in [-0.25, -0.2) is 4.79 Å². The zero-order valence-electron chi connectivity index (χ0n) is 11.8. The second kappa shape index (κ2) is 6.36. The van der Waals surface area contributed by atoms with Crippen LogP contribution in [0.4, 0.5) is 0 Å². The van der Waals surface area contributed by atoms with Gasteiger partial charge in [0, 0.05) is 25.7 Å². The number of aliphatic hydroxyl groups is 1. The Kier molecular flexibility index (Phi) is 4.74. The third kappa shape index (κ3) is 2.84. The van der Waals surface area contributed by atoms with Crippen molar-refractivity contribution < 1.29 is 33.7 Å². The first-order valence-electron chi connectivity index (χ1n) is 6.80. The van der Waals surface area contributed by atoms with Gasteiger partial charge in [-0.05, 0) is 0 Å². The van der Waals surface area contributed by atoms with Crippen LogP contribution in [0.15, 0.2) is 11.3 Å². The minimum atomic E-state index is -1.24. The standard InChI is InChI=1S/C14H18O7/c1-19-13(18)11-9(16)4-5-14(20-7-8-21-14)12(11)10(17)3-2-6-15/h6,12,16H,2-5,7-8H2,1H3. The largest absolute Gasteiger partial charge is 0.512 e. The van der Waals surface area contributed by atoms with Crippen LogP contribution in [0.25, 0.3) is 0 Å². The molecule has 1 fully saturated rings. The fourth-order valence-corrected chi connectivity index (χ4v) is 2.84. The highest BCUT2D eigenvalue weighted by molar-refractivity contribution is 5.99. The number of ether oxygens (including phenoxy) is 3. The van der Waals surface area contributed by atoms with E-state index >= 15 is 0 Å². The van der Waals surface area contributed by atoms with E-state index in [9.17, 15) is 19.5 Å². The number of carbonyl (C=O) groups is 3. The summed E-state index contributed by atoms with van der Waals surface area (Å²) in [6, 6.07) is 0. The van der Waals surface area contributed by atoms with E-state index in [0.29, 0.717) is 19.5 Å². The van der Waals surface area contributed by atoms with Gasteiger partial charge in [-0.15, -0.1) is 0 Å². The van der Waals surface area contributed by atoms with Gasteiger partial charge in [-0.2, -0.15) is 0 Å². The summed E-state index contributed by atoms with van der Waals surface area (Å²) in [5.74, 6) is -3.65. The van der Waals surface area contributed by atoms with Crippen LogP contribution < -0.4 is 0 Å². The number of hydrogen-bond donors (Lipinski definition) is 1. The van der Waals surface area contributed by atoms with Crippen LogP contribution in [-0.4, -0.2) is 49.3 Å². The summed E-state index contributed by atoms with van der Waals surface area (Å²) in [6.07, 6.45) is 1.07. The number of Topliss-reactive ketones (excluding diaryl/α,β-unsaturated/α-hetero) is 1. The van der Waals surface area contributed by atoms with Crippen LogP contribution in [0.3, 0.4) is 0 Å². The maximum absolute atomic E-state index is 12.4. The van der Waals surface area contributed by atoms with E-state index in [-0.39, 0.29) is 42.8 Å². The molecule has 2 rings (SSSR count). The zero-order chi connectivity index (χ0) is 15.5. The molecule has 1 N–H and O–H groups in total. The molecule has 1 saturated heterocycles. The van der Waals surface area contributed by atoms with Gasteiger partial charge in [-0.1, -0.05) is 0 Å². The molecule has 1 aliphatic heterocycles. The summed E-state index contributed by atoms with van der Waals surface area (Å²) >= 11 is 0. The lowest BCUT2D eigenvalue weighted by atomic mass is 9.77. The topological polar surface area (TPSA) is 99.1 Å². The van der Waals surface area contributed by atoms with E-state index < -0.39 is 17.7 Å². The fourth-order valence-electron chi connectivity index (χ4n) is 2.84. The third-order valence-corrected chi connectivity index (χ3v) is 3.76. The summed E-state index contributed by atoms with van der Waals surface area (Å²) in [7, 11) is 1.17. The highest BCUT2D eigenvalue weighted by atomic mass is 16.7. The van der Waals surface area contributed by atoms with Gasteiger partial charge in [-0.3, -0.25) is 4.79 Å². The molecule has 1 heterocycles. The second-order valence-corrected chi connectivity index (χ2v) is 4.97. The Morgan fingerprint density at radius 2 is 2.10 bits per heavy atom. The Morgan fingerprint density at radius 3 is 2.67 bits per heavy atom. The molecule has 1 unspecified atom stereocenters. The number of ketones is 1. The normalized spacial score (nSPS) is 24.1. The van der Waals surface area contributed by atoms with Gasteiger partial charge in [0.05, 0.1) is 25.9 Å². The highest BCUT2D eigenvalue weighted by Crippen LogP contribution is 2.44. The molecule has 7 heteroatoms. The van der Waals surface area contributed by atoms with Gasteiger partial charge in [0.25, 0.3) is 0 Å². The molecule has 7 nitrogen and oxygen atoms in total. The Bertz CT molecular complexity index is 474. The molecule has 0 bridgehead atoms. The number of aldehydes is 1. The van der Waals surface area contributed by atoms with E-state index in [0.717, 1.165) is 0 Å². The van der Waals surface area contributed by atoms with Crippen molar-refractivity contribution in [2.45, 2.75) is 31.5 Å². The van der Waals surface area contributed by atoms with Gasteiger partial charge in [0.15, 0.2) is 5.79 Å². The minimum absolute atomic E-state index is 0.0423. The average Bonchev–Trinajstić information content (AvgIpc) is 2.95. The molecule has 21 heavy (non-hydrogen) atoms. The number of esters is 1. The summed E-state index contributed by atoms with van der Waals surface area (Å²) in [5, 5.41) is 10.0. The van der Waals surface area contributed by atoms with E-state index in [4.69, 9.17) is 9.47 Å². The van der Waals surface area contributed by atoms with E-state index in [1.54, 1.807) is 0 Å². The summed E-state index contributed by atoms with van der Waals surface area (Å²) in [6.45, 7) is 0.624. The predicted octanol–water partition coefficient (Wildman–Crippen LogP) is 0.673. The molecule has 1 spiro atoms. The van der Waals surface area contributed by atoms with Crippen LogP contribution in [0.5, 0.6) is 0 Å². The number of methoxy groups -OCH3 is 1. The van der Waals surface area contributed by atoms with Crippen molar-refractivity contribution in [2.24, 2.45) is 5.92 Å². The summed E-state index contributed by atoms with van der Waals surface area (Å²) in [4.78, 5) is 34.8. The maximum Gasteiger partial charge on any atom is 0.338 e. The minimum Gasteiger partial charge on any atom is -0.512 e. The van der Waals surface area contributed by atoms with Crippen molar-refractivity contribution in [1.29, 1.82) is 0 Å². The first-order chi connectivity index (χ1) is 10.1. The molecule has 0 radical (unpaired) electrons. The monoisotopic (exact) mass is 298 g/mol. The molecule has 1 aliphatic carbocycles. The lowest BCUT2D eigenvalue weighted by Gasteiger charge is -2.38. The van der Waals surface area contributed by atoms with E-state index in [1.807, 2.05) is 0 Å². The molecular formula is C14H18O7. The van der Waals surface area contributed by atoms with Gasteiger partial charge in [0.1, 0.15) is 23.7 Å². The number of aliphatic hydroxyl groups excluding tert-OH is 1. The number of hydrogen-bond acceptors (Lipinski definition) is 7. The average molecular weight is 298 g/mol. The van der Waals surface area contributed by atoms with Crippen LogP contribution >= 0.6 is 0 Å². The molecule has 0 saturated carbocycles. The van der Waals surface area contributed by atoms with Crippen molar-refractivity contribution in [3.63, 3.8) is 0 Å². The number of allylic oxidation sites excluding steroid dienone is 1. The summed E-state index contributed by atoms with van der Waals surface area (Å²) < 4.78 is 15.8. The molecule has 1 atom stereocenters. The lowest BCUT2D eigenvalue weighted by Crippen LogP contribution is -2.49. The van der Waals surface area contributed by atoms with Crippen LogP contribution in [0, 0.1) is 5.92 Å². The quantitative estimate of drug-likeness (QED) is 0.588. The summed E-state index contributed by atoms with van der Waals surface area (Å²) in [5.41, 5.74) is -0.124. The van der Waals surface area contributed by atoms with Crippen LogP contribution in [0.1, 0.15) is 25.7 Å². The first kappa shape index (κ1) is 15.7. The lowest BCUT2D eigenvalue weighted by molar-refractivity contribution is -0.200. The Morgan fingerprint density at radius 1 is 1.43 bits per heavy atom. The Labute approximate surface area is 121 Å². The van der Waals surface area contributed by atoms with Crippen molar-refractivity contribution in [1.82, 2.24) is 0 Å². The SMILES string of the molecule is COC(=O)C1=C(O)CCC2(OCCO2)C1C(=O)CCC=O. The van der Waals surface area contributed by atoms with Crippen molar-refractivity contribution in [3.8, 4) is 0 Å². The zero-order valence-corrected chi connectivity index (χ0v) is 11.8. The highest BCUT2D eigenvalue weighted by Gasteiger charge is 2.54. The third-order valence-electron chi connectivity index (χ3n) is 3.76. The van der Waals surface area contributed by atoms with Gasteiger partial charge in [0.2, 0.25) is 0 Å². The molecule has 0 aromatic carbocycles. The van der Waals surface area contributed by atoms with Gasteiger partial charge >= 0.3 is 5.97 Å². The van der Waals surface area contributed by atoms with Crippen molar-refractivity contribution in [2.75, 3.05) is 20.3 Å². The van der Waals surface area contributed by atoms with E-state index in [1.165, 1.54) is 7.11 Å². The molecule has 116 valence electrons. The molecule has 2 aliphatic rings. The number of carbonyl (C=O) groups excluding carboxylic acids is 3. The smallest absolute Gasteiger partial charge is 0.338 e. The maximum atomic E-state index is 12.4. The molecule has 0 aromatic heterocycles. The Hall–Kier alpha value is -1.73. The second-order valence-electron chi connectivity index (χ2n) is 4.97. The van der Waals surface area contributed by atoms with Crippen molar-refractivity contribution >= 4 is 18.0 Å². The van der Waals surface area contributed by atoms with Gasteiger partial charge < -0.3 is 24.1 Å². The van der Waals surface area contributed by atoms with E-state index in [2.05, 4.69) is 4.74 Å². The first-order valence-corrected chi connectivity index (χ1v) is 6.80. The fraction of sp³-hybridized carbons (Fsp3) is 0.643. The molecule has 0 aromatic rings. The Balaban J connectivity index is 2.40. The van der Waals surface area contributed by atoms with Crippen LogP contribution in [-0.2, 0) is 28.6 Å². The molecular weight excluding hydrogens is 280 g/mol. The van der Waals surface area contributed by atoms with Crippen LogP contribution in [0.2, 0.25) is 0 Å². The molecule has 0 amide bonds. The predicted molar refractivity (Wildman–Crippen MR) is 69.3 cm³/mol.